The quantitative estimate of drug-likeness (QED) is 0.743. The lowest BCUT2D eigenvalue weighted by Crippen LogP contribution is -1.80. The zero-order valence-corrected chi connectivity index (χ0v) is 10.2. The third-order valence-electron chi connectivity index (χ3n) is 2.39. The van der Waals surface area contributed by atoms with Crippen LogP contribution in [0.15, 0.2) is 35.2 Å². The van der Waals surface area contributed by atoms with Crippen molar-refractivity contribution in [3.8, 4) is 11.5 Å². The summed E-state index contributed by atoms with van der Waals surface area (Å²) >= 11 is 3.43. The third-order valence-corrected chi connectivity index (χ3v) is 2.88. The van der Waals surface area contributed by atoms with Gasteiger partial charge in [-0.25, -0.2) is 9.97 Å². The van der Waals surface area contributed by atoms with Crippen molar-refractivity contribution < 1.29 is 0 Å². The van der Waals surface area contributed by atoms with Gasteiger partial charge < -0.3 is 9.55 Å². The lowest BCUT2D eigenvalue weighted by atomic mass is 10.3. The van der Waals surface area contributed by atoms with Crippen molar-refractivity contribution in [3.05, 3.63) is 35.2 Å². The van der Waals surface area contributed by atoms with E-state index >= 15 is 0 Å². The molecule has 2 aromatic heterocycles. The van der Waals surface area contributed by atoms with Crippen molar-refractivity contribution >= 4 is 27.0 Å². The molecule has 4 nitrogen and oxygen atoms in total. The van der Waals surface area contributed by atoms with Gasteiger partial charge in [0.1, 0.15) is 5.69 Å². The molecule has 0 unspecified atom stereocenters. The molecule has 0 aliphatic heterocycles. The van der Waals surface area contributed by atoms with Crippen molar-refractivity contribution in [2.75, 3.05) is 0 Å². The highest BCUT2D eigenvalue weighted by Crippen LogP contribution is 2.21. The van der Waals surface area contributed by atoms with Gasteiger partial charge >= 0.3 is 0 Å². The molecule has 80 valence electrons. The number of hydrogen-bond donors (Lipinski definition) is 1. The number of fused-ring (bicyclic) bond motifs is 1. The van der Waals surface area contributed by atoms with E-state index in [1.165, 1.54) is 0 Å². The number of H-pyrrole nitrogens is 1. The van der Waals surface area contributed by atoms with Crippen LogP contribution < -0.4 is 0 Å². The second kappa shape index (κ2) is 3.45. The second-order valence-electron chi connectivity index (χ2n) is 3.67. The summed E-state index contributed by atoms with van der Waals surface area (Å²) in [5, 5.41) is 0. The lowest BCUT2D eigenvalue weighted by Gasteiger charge is -1.88. The molecule has 0 spiro atoms. The van der Waals surface area contributed by atoms with Gasteiger partial charge in [0.25, 0.3) is 0 Å². The maximum absolute atomic E-state index is 4.49. The second-order valence-corrected chi connectivity index (χ2v) is 4.59. The van der Waals surface area contributed by atoms with Gasteiger partial charge in [-0.15, -0.1) is 0 Å². The molecular weight excluding hydrogens is 268 g/mol. The van der Waals surface area contributed by atoms with Crippen molar-refractivity contribution in [1.29, 1.82) is 0 Å². The fourth-order valence-corrected chi connectivity index (χ4v) is 2.00. The van der Waals surface area contributed by atoms with Gasteiger partial charge in [-0.1, -0.05) is 15.9 Å². The predicted molar refractivity (Wildman–Crippen MR) is 66.0 cm³/mol. The van der Waals surface area contributed by atoms with E-state index < -0.39 is 0 Å². The molecule has 5 heteroatoms. The highest BCUT2D eigenvalue weighted by molar-refractivity contribution is 9.10. The van der Waals surface area contributed by atoms with E-state index in [9.17, 15) is 0 Å². The minimum atomic E-state index is 0.800. The molecule has 0 aliphatic carbocycles. The van der Waals surface area contributed by atoms with E-state index in [0.29, 0.717) is 0 Å². The Bertz CT molecular complexity index is 653. The molecule has 0 saturated carbocycles. The monoisotopic (exact) mass is 276 g/mol. The SMILES string of the molecule is Cn1cnc(-c2nc3ccc(Br)cc3[nH]2)c1. The molecule has 0 fully saturated rings. The number of rotatable bonds is 1. The first-order chi connectivity index (χ1) is 7.72. The number of hydrogen-bond acceptors (Lipinski definition) is 2. The molecule has 3 rings (SSSR count). The van der Waals surface area contributed by atoms with Crippen molar-refractivity contribution in [2.24, 2.45) is 7.05 Å². The number of nitrogens with zero attached hydrogens (tertiary/aromatic N) is 3. The molecular formula is C11H9BrN4. The van der Waals surface area contributed by atoms with E-state index in [0.717, 1.165) is 27.0 Å². The Kier molecular flexibility index (Phi) is 2.07. The van der Waals surface area contributed by atoms with Crippen LogP contribution in [0.2, 0.25) is 0 Å². The topological polar surface area (TPSA) is 46.5 Å². The number of imidazole rings is 2. The zero-order valence-electron chi connectivity index (χ0n) is 8.61. The van der Waals surface area contributed by atoms with Gasteiger partial charge in [0.2, 0.25) is 0 Å². The minimum absolute atomic E-state index is 0.800. The van der Waals surface area contributed by atoms with Gasteiger partial charge in [0, 0.05) is 17.7 Å². The minimum Gasteiger partial charge on any atom is -0.340 e. The Morgan fingerprint density at radius 3 is 3.00 bits per heavy atom. The number of aromatic amines is 1. The first-order valence-electron chi connectivity index (χ1n) is 4.86. The van der Waals surface area contributed by atoms with E-state index in [4.69, 9.17) is 0 Å². The van der Waals surface area contributed by atoms with Gasteiger partial charge in [-0.2, -0.15) is 0 Å². The Hall–Kier alpha value is -1.62. The smallest absolute Gasteiger partial charge is 0.158 e. The zero-order chi connectivity index (χ0) is 11.1. The molecule has 1 aromatic carbocycles. The number of nitrogens with one attached hydrogen (secondary N) is 1. The standard InChI is InChI=1S/C11H9BrN4/c1-16-5-10(13-6-16)11-14-8-3-2-7(12)4-9(8)15-11/h2-6H,1H3,(H,14,15). The molecule has 1 N–H and O–H groups in total. The lowest BCUT2D eigenvalue weighted by molar-refractivity contribution is 0.913. The van der Waals surface area contributed by atoms with Crippen molar-refractivity contribution in [2.45, 2.75) is 0 Å². The van der Waals surface area contributed by atoms with Crippen LogP contribution in [0.1, 0.15) is 0 Å². The van der Waals surface area contributed by atoms with E-state index in [1.54, 1.807) is 6.33 Å². The molecule has 0 aliphatic rings. The first kappa shape index (κ1) is 9.59. The van der Waals surface area contributed by atoms with Gasteiger partial charge in [0.05, 0.1) is 17.4 Å². The fourth-order valence-electron chi connectivity index (χ4n) is 1.64. The van der Waals surface area contributed by atoms with Crippen molar-refractivity contribution in [1.82, 2.24) is 19.5 Å². The highest BCUT2D eigenvalue weighted by Gasteiger charge is 2.07. The summed E-state index contributed by atoms with van der Waals surface area (Å²) in [6.45, 7) is 0. The average Bonchev–Trinajstić information content (AvgIpc) is 2.83. The van der Waals surface area contributed by atoms with Crippen LogP contribution in [0, 0.1) is 0 Å². The summed E-state index contributed by atoms with van der Waals surface area (Å²) in [6.07, 6.45) is 3.70. The van der Waals surface area contributed by atoms with Crippen LogP contribution >= 0.6 is 15.9 Å². The molecule has 16 heavy (non-hydrogen) atoms. The van der Waals surface area contributed by atoms with Crippen LogP contribution in [0.25, 0.3) is 22.6 Å². The summed E-state index contributed by atoms with van der Waals surface area (Å²) < 4.78 is 2.94. The molecule has 0 amide bonds. The van der Waals surface area contributed by atoms with Gasteiger partial charge in [0.15, 0.2) is 5.82 Å². The maximum atomic E-state index is 4.49. The molecule has 0 bridgehead atoms. The van der Waals surface area contributed by atoms with Gasteiger partial charge in [-0.05, 0) is 18.2 Å². The fraction of sp³-hybridized carbons (Fsp3) is 0.0909. The van der Waals surface area contributed by atoms with E-state index in [2.05, 4.69) is 30.9 Å². The highest BCUT2D eigenvalue weighted by atomic mass is 79.9. The summed E-state index contributed by atoms with van der Waals surface area (Å²) in [4.78, 5) is 12.0. The Balaban J connectivity index is 2.18. The summed E-state index contributed by atoms with van der Waals surface area (Å²) in [6, 6.07) is 5.96. The summed E-state index contributed by atoms with van der Waals surface area (Å²) in [5.41, 5.74) is 2.81. The van der Waals surface area contributed by atoms with Crippen LogP contribution in [-0.2, 0) is 7.05 Å². The first-order valence-corrected chi connectivity index (χ1v) is 5.65. The van der Waals surface area contributed by atoms with Crippen LogP contribution in [0.4, 0.5) is 0 Å². The van der Waals surface area contributed by atoms with Crippen molar-refractivity contribution in [3.63, 3.8) is 0 Å². The normalized spacial score (nSPS) is 11.1. The predicted octanol–water partition coefficient (Wildman–Crippen LogP) is 2.73. The Morgan fingerprint density at radius 1 is 1.38 bits per heavy atom. The number of halogens is 1. The van der Waals surface area contributed by atoms with Gasteiger partial charge in [-0.3, -0.25) is 0 Å². The molecule has 3 aromatic rings. The van der Waals surface area contributed by atoms with Crippen LogP contribution in [0.3, 0.4) is 0 Å². The molecule has 2 heterocycles. The maximum Gasteiger partial charge on any atom is 0.158 e. The Labute approximate surface area is 100 Å². The van der Waals surface area contributed by atoms with E-state index in [-0.39, 0.29) is 0 Å². The number of aryl methyl sites for hydroxylation is 1. The molecule has 0 saturated heterocycles. The largest absolute Gasteiger partial charge is 0.340 e. The Morgan fingerprint density at radius 2 is 2.25 bits per heavy atom. The number of benzene rings is 1. The average molecular weight is 277 g/mol. The summed E-state index contributed by atoms with van der Waals surface area (Å²) in [7, 11) is 1.94. The van der Waals surface area contributed by atoms with Crippen LogP contribution in [-0.4, -0.2) is 19.5 Å². The molecule has 0 radical (unpaired) electrons. The molecule has 0 atom stereocenters. The number of aromatic nitrogens is 4. The van der Waals surface area contributed by atoms with Crippen LogP contribution in [0.5, 0.6) is 0 Å². The summed E-state index contributed by atoms with van der Waals surface area (Å²) in [5.74, 6) is 0.800. The van der Waals surface area contributed by atoms with E-state index in [1.807, 2.05) is 36.0 Å². The third kappa shape index (κ3) is 1.53.